The van der Waals surface area contributed by atoms with Crippen molar-refractivity contribution in [3.8, 4) is 11.3 Å². The highest BCUT2D eigenvalue weighted by atomic mass is 35.5. The third-order valence-electron chi connectivity index (χ3n) is 4.44. The molecule has 0 radical (unpaired) electrons. The van der Waals surface area contributed by atoms with Crippen LogP contribution < -0.4 is 16.4 Å². The highest BCUT2D eigenvalue weighted by Gasteiger charge is 2.12. The van der Waals surface area contributed by atoms with Gasteiger partial charge in [-0.2, -0.15) is 5.10 Å². The Labute approximate surface area is 197 Å². The van der Waals surface area contributed by atoms with E-state index in [-0.39, 0.29) is 23.6 Å². The van der Waals surface area contributed by atoms with Crippen LogP contribution in [0, 0.1) is 0 Å². The molecular formula is C23H27ClN8O. The molecule has 2 heterocycles. The summed E-state index contributed by atoms with van der Waals surface area (Å²) in [5.74, 6) is 0.124. The summed E-state index contributed by atoms with van der Waals surface area (Å²) >= 11 is 6.48. The number of anilines is 2. The minimum absolute atomic E-state index is 0.246. The highest BCUT2D eigenvalue weighted by molar-refractivity contribution is 6.31. The molecule has 0 aliphatic carbocycles. The standard InChI is InChI=1S/C23H27ClN8O/c1-23(2,3)28-12-17(10-25)21(33)27-11-16-6-5-15(9-19(16)24)20-7-8-26-22(31-20)30-18-13-29-32(4)14-18/h5-10,12-14H,11,25H2,1-4H3,(H,27,33)(H,26,30,31). The van der Waals surface area contributed by atoms with Crippen LogP contribution in [0.5, 0.6) is 0 Å². The molecule has 2 aromatic heterocycles. The Morgan fingerprint density at radius 3 is 2.73 bits per heavy atom. The van der Waals surface area contributed by atoms with Crippen molar-refractivity contribution in [3.05, 3.63) is 65.2 Å². The van der Waals surface area contributed by atoms with E-state index in [0.29, 0.717) is 16.7 Å². The van der Waals surface area contributed by atoms with Crippen molar-refractivity contribution in [1.82, 2.24) is 25.1 Å². The Balaban J connectivity index is 1.68. The van der Waals surface area contributed by atoms with E-state index in [1.165, 1.54) is 12.4 Å². The third-order valence-corrected chi connectivity index (χ3v) is 4.79. The lowest BCUT2D eigenvalue weighted by molar-refractivity contribution is -0.117. The molecule has 0 aliphatic rings. The number of amides is 1. The Kier molecular flexibility index (Phi) is 7.44. The summed E-state index contributed by atoms with van der Waals surface area (Å²) in [4.78, 5) is 25.5. The van der Waals surface area contributed by atoms with Crippen molar-refractivity contribution in [2.24, 2.45) is 17.8 Å². The van der Waals surface area contributed by atoms with Crippen molar-refractivity contribution in [1.29, 1.82) is 0 Å². The lowest BCUT2D eigenvalue weighted by Gasteiger charge is -2.12. The first kappa shape index (κ1) is 23.9. The maximum atomic E-state index is 12.4. The average molecular weight is 467 g/mol. The van der Waals surface area contributed by atoms with Crippen molar-refractivity contribution in [2.75, 3.05) is 5.32 Å². The summed E-state index contributed by atoms with van der Waals surface area (Å²) in [7, 11) is 1.83. The van der Waals surface area contributed by atoms with Gasteiger partial charge in [-0.15, -0.1) is 0 Å². The summed E-state index contributed by atoms with van der Waals surface area (Å²) in [6.07, 6.45) is 7.91. The van der Waals surface area contributed by atoms with Gasteiger partial charge in [0.2, 0.25) is 5.95 Å². The van der Waals surface area contributed by atoms with Crippen LogP contribution in [0.1, 0.15) is 26.3 Å². The fraction of sp³-hybridized carbons (Fsp3) is 0.261. The molecule has 0 spiro atoms. The van der Waals surface area contributed by atoms with E-state index in [9.17, 15) is 4.79 Å². The maximum Gasteiger partial charge on any atom is 0.254 e. The number of nitrogens with zero attached hydrogens (tertiary/aromatic N) is 5. The molecule has 0 fully saturated rings. The first-order valence-electron chi connectivity index (χ1n) is 10.3. The van der Waals surface area contributed by atoms with E-state index in [2.05, 4.69) is 30.7 Å². The zero-order chi connectivity index (χ0) is 24.0. The normalized spacial score (nSPS) is 12.2. The number of aromatic nitrogens is 4. The largest absolute Gasteiger partial charge is 0.404 e. The van der Waals surface area contributed by atoms with Gasteiger partial charge in [0, 0.05) is 49.0 Å². The fourth-order valence-electron chi connectivity index (χ4n) is 2.76. The molecule has 0 saturated heterocycles. The first-order valence-corrected chi connectivity index (χ1v) is 10.7. The number of benzene rings is 1. The van der Waals surface area contributed by atoms with Gasteiger partial charge in [0.1, 0.15) is 0 Å². The molecular weight excluding hydrogens is 440 g/mol. The van der Waals surface area contributed by atoms with E-state index in [4.69, 9.17) is 17.3 Å². The number of aliphatic imine (C=N–C) groups is 1. The molecule has 0 aliphatic heterocycles. The zero-order valence-electron chi connectivity index (χ0n) is 19.0. The zero-order valence-corrected chi connectivity index (χ0v) is 19.8. The Morgan fingerprint density at radius 2 is 2.09 bits per heavy atom. The molecule has 1 amide bonds. The SMILES string of the molecule is Cn1cc(Nc2nccc(-c3ccc(CNC(=O)C(C=NC(C)(C)C)=CN)c(Cl)c3)n2)cn1. The van der Waals surface area contributed by atoms with E-state index < -0.39 is 0 Å². The van der Waals surface area contributed by atoms with Gasteiger partial charge in [0.25, 0.3) is 5.91 Å². The van der Waals surface area contributed by atoms with Crippen molar-refractivity contribution >= 4 is 35.4 Å². The van der Waals surface area contributed by atoms with Gasteiger partial charge in [-0.25, -0.2) is 9.97 Å². The number of carbonyl (C=O) groups excluding carboxylic acids is 1. The molecule has 3 rings (SSSR count). The number of nitrogens with two attached hydrogens (primary N) is 1. The van der Waals surface area contributed by atoms with E-state index in [1.807, 2.05) is 46.1 Å². The van der Waals surface area contributed by atoms with Crippen LogP contribution in [0.3, 0.4) is 0 Å². The Hall–Kier alpha value is -3.72. The summed E-state index contributed by atoms with van der Waals surface area (Å²) < 4.78 is 1.69. The minimum atomic E-state index is -0.326. The van der Waals surface area contributed by atoms with E-state index in [0.717, 1.165) is 16.8 Å². The Morgan fingerprint density at radius 1 is 1.30 bits per heavy atom. The molecule has 0 atom stereocenters. The van der Waals surface area contributed by atoms with Gasteiger partial charge < -0.3 is 16.4 Å². The average Bonchev–Trinajstić information content (AvgIpc) is 3.17. The Bertz CT molecular complexity index is 1190. The van der Waals surface area contributed by atoms with Gasteiger partial charge in [0.15, 0.2) is 0 Å². The number of hydrogen-bond donors (Lipinski definition) is 3. The molecule has 33 heavy (non-hydrogen) atoms. The lowest BCUT2D eigenvalue weighted by atomic mass is 10.1. The van der Waals surface area contributed by atoms with Gasteiger partial charge in [-0.3, -0.25) is 14.5 Å². The predicted octanol–water partition coefficient (Wildman–Crippen LogP) is 3.60. The predicted molar refractivity (Wildman–Crippen MR) is 131 cm³/mol. The number of carbonyl (C=O) groups is 1. The summed E-state index contributed by atoms with van der Waals surface area (Å²) in [5.41, 5.74) is 8.66. The van der Waals surface area contributed by atoms with Gasteiger partial charge in [-0.05, 0) is 38.5 Å². The van der Waals surface area contributed by atoms with Gasteiger partial charge in [-0.1, -0.05) is 23.7 Å². The lowest BCUT2D eigenvalue weighted by Crippen LogP contribution is -2.26. The van der Waals surface area contributed by atoms with Crippen LogP contribution in [-0.4, -0.2) is 37.4 Å². The van der Waals surface area contributed by atoms with Gasteiger partial charge in [0.05, 0.1) is 28.7 Å². The fourth-order valence-corrected chi connectivity index (χ4v) is 3.01. The topological polar surface area (TPSA) is 123 Å². The van der Waals surface area contributed by atoms with Crippen molar-refractivity contribution in [2.45, 2.75) is 32.9 Å². The van der Waals surface area contributed by atoms with Crippen molar-refractivity contribution < 1.29 is 4.79 Å². The highest BCUT2D eigenvalue weighted by Crippen LogP contribution is 2.25. The molecule has 0 saturated carbocycles. The second kappa shape index (κ2) is 10.3. The van der Waals surface area contributed by atoms with Crippen LogP contribution in [-0.2, 0) is 18.4 Å². The first-order chi connectivity index (χ1) is 15.6. The van der Waals surface area contributed by atoms with Crippen LogP contribution in [0.4, 0.5) is 11.6 Å². The minimum Gasteiger partial charge on any atom is -0.404 e. The quantitative estimate of drug-likeness (QED) is 0.361. The third kappa shape index (κ3) is 6.88. The van der Waals surface area contributed by atoms with Gasteiger partial charge >= 0.3 is 0 Å². The van der Waals surface area contributed by atoms with Crippen LogP contribution in [0.2, 0.25) is 5.02 Å². The van der Waals surface area contributed by atoms with Crippen LogP contribution in [0.15, 0.2) is 59.6 Å². The van der Waals surface area contributed by atoms with Crippen LogP contribution in [0.25, 0.3) is 11.3 Å². The molecule has 1 aromatic carbocycles. The molecule has 0 unspecified atom stereocenters. The number of hydrogen-bond acceptors (Lipinski definition) is 7. The number of rotatable bonds is 7. The molecule has 0 bridgehead atoms. The number of aryl methyl sites for hydroxylation is 1. The van der Waals surface area contributed by atoms with E-state index >= 15 is 0 Å². The van der Waals surface area contributed by atoms with Crippen LogP contribution >= 0.6 is 11.6 Å². The maximum absolute atomic E-state index is 12.4. The molecule has 10 heteroatoms. The summed E-state index contributed by atoms with van der Waals surface area (Å²) in [6, 6.07) is 7.35. The number of nitrogens with one attached hydrogen (secondary N) is 2. The summed E-state index contributed by atoms with van der Waals surface area (Å²) in [6.45, 7) is 6.06. The van der Waals surface area contributed by atoms with Crippen molar-refractivity contribution in [3.63, 3.8) is 0 Å². The molecule has 9 nitrogen and oxygen atoms in total. The molecule has 4 N–H and O–H groups in total. The smallest absolute Gasteiger partial charge is 0.254 e. The monoisotopic (exact) mass is 466 g/mol. The molecule has 3 aromatic rings. The second-order valence-corrected chi connectivity index (χ2v) is 8.74. The number of halogens is 1. The summed E-state index contributed by atoms with van der Waals surface area (Å²) in [5, 5.41) is 10.6. The second-order valence-electron chi connectivity index (χ2n) is 8.33. The molecule has 172 valence electrons. The van der Waals surface area contributed by atoms with E-state index in [1.54, 1.807) is 29.2 Å².